The molecular weight excluding hydrogens is 593 g/mol. The Morgan fingerprint density at radius 2 is 0.959 bits per heavy atom. The second kappa shape index (κ2) is 11.1. The largest absolute Gasteiger partial charge is 0.456 e. The molecule has 0 fully saturated rings. The van der Waals surface area contributed by atoms with Crippen molar-refractivity contribution in [2.45, 2.75) is 0 Å². The van der Waals surface area contributed by atoms with Crippen LogP contribution in [0.3, 0.4) is 0 Å². The summed E-state index contributed by atoms with van der Waals surface area (Å²) in [5, 5.41) is 0.974. The van der Waals surface area contributed by atoms with Crippen molar-refractivity contribution in [2.24, 2.45) is 0 Å². The van der Waals surface area contributed by atoms with E-state index in [1.807, 2.05) is 0 Å². The van der Waals surface area contributed by atoms with Gasteiger partial charge in [-0.05, 0) is 101 Å². The highest BCUT2D eigenvalue weighted by molar-refractivity contribution is 6.25. The first-order chi connectivity index (χ1) is 31.4. The average molecular weight is 640 g/mol. The molecule has 0 radical (unpaired) electrons. The summed E-state index contributed by atoms with van der Waals surface area (Å²) in [6.07, 6.45) is 0. The molecule has 0 atom stereocenters. The van der Waals surface area contributed by atoms with Crippen LogP contribution < -0.4 is 0 Å². The molecule has 49 heavy (non-hydrogen) atoms. The standard InChI is InChI=1S/C48H30O/c1-2-11-31(12-3-1)37-27-28-44-43(30-37)48-42(19-10-20-45(48)49-44)47-40-17-8-6-15-38(40)46(39-16-7-9-18-41(39)47)34-24-21-33(22-25-34)36-26-23-32-13-4-5-14-35(32)29-36/h1-30H/i4D,5D,10D,13D,14D,19D,20D,21D,22D,23D,24D,25D,26D,27D,28D,29D,30D. The molecule has 0 saturated heterocycles. The molecule has 1 heterocycles. The van der Waals surface area contributed by atoms with Crippen molar-refractivity contribution in [1.82, 2.24) is 0 Å². The van der Waals surface area contributed by atoms with Crippen LogP contribution in [0.25, 0.3) is 98.8 Å². The highest BCUT2D eigenvalue weighted by atomic mass is 16.3. The van der Waals surface area contributed by atoms with Crippen LogP contribution in [0.5, 0.6) is 0 Å². The van der Waals surface area contributed by atoms with Crippen LogP contribution in [0.1, 0.15) is 23.3 Å². The minimum atomic E-state index is -0.716. The Kier molecular flexibility index (Phi) is 3.54. The average Bonchev–Trinajstić information content (AvgIpc) is 3.72. The van der Waals surface area contributed by atoms with E-state index in [-0.39, 0.29) is 73.7 Å². The van der Waals surface area contributed by atoms with Gasteiger partial charge in [0.1, 0.15) is 11.2 Å². The van der Waals surface area contributed by atoms with E-state index in [1.54, 1.807) is 78.9 Å². The van der Waals surface area contributed by atoms with E-state index in [2.05, 4.69) is 0 Å². The molecule has 0 unspecified atom stereocenters. The third-order valence-corrected chi connectivity index (χ3v) is 8.69. The van der Waals surface area contributed by atoms with E-state index in [4.69, 9.17) is 19.5 Å². The van der Waals surface area contributed by atoms with Crippen molar-refractivity contribution in [3.05, 3.63) is 182 Å². The summed E-state index contributed by atoms with van der Waals surface area (Å²) in [4.78, 5) is 0. The van der Waals surface area contributed by atoms with E-state index >= 15 is 0 Å². The summed E-state index contributed by atoms with van der Waals surface area (Å²) in [5.41, 5.74) is -0.203. The van der Waals surface area contributed by atoms with Gasteiger partial charge in [0.05, 0.1) is 23.3 Å². The van der Waals surface area contributed by atoms with Crippen LogP contribution in [0.4, 0.5) is 0 Å². The molecule has 9 aromatic carbocycles. The molecule has 0 spiro atoms. The molecule has 10 aromatic rings. The van der Waals surface area contributed by atoms with Crippen molar-refractivity contribution >= 4 is 54.3 Å². The molecule has 0 aliphatic carbocycles. The molecule has 1 heteroatoms. The Hall–Kier alpha value is -6.44. The van der Waals surface area contributed by atoms with Crippen LogP contribution in [0, 0.1) is 0 Å². The first-order valence-electron chi connectivity index (χ1n) is 24.0. The fourth-order valence-corrected chi connectivity index (χ4v) is 6.53. The van der Waals surface area contributed by atoms with Gasteiger partial charge in [-0.2, -0.15) is 0 Å². The second-order valence-electron chi connectivity index (χ2n) is 11.5. The molecule has 10 rings (SSSR count). The Bertz CT molecular complexity index is 3760. The molecule has 228 valence electrons. The van der Waals surface area contributed by atoms with E-state index < -0.39 is 95.1 Å². The van der Waals surface area contributed by atoms with E-state index in [0.717, 1.165) is 0 Å². The number of benzene rings is 9. The topological polar surface area (TPSA) is 13.1 Å². The zero-order chi connectivity index (χ0) is 47.1. The van der Waals surface area contributed by atoms with Crippen LogP contribution in [-0.2, 0) is 0 Å². The highest BCUT2D eigenvalue weighted by Crippen LogP contribution is 2.47. The Balaban J connectivity index is 1.33. The molecular formula is C48H30O. The summed E-state index contributed by atoms with van der Waals surface area (Å²) in [5.74, 6) is 0. The lowest BCUT2D eigenvalue weighted by molar-refractivity contribution is 0.669. The van der Waals surface area contributed by atoms with Crippen molar-refractivity contribution in [1.29, 1.82) is 0 Å². The van der Waals surface area contributed by atoms with Gasteiger partial charge in [0, 0.05) is 10.8 Å². The maximum atomic E-state index is 9.54. The summed E-state index contributed by atoms with van der Waals surface area (Å²) >= 11 is 0. The number of rotatable bonds is 4. The second-order valence-corrected chi connectivity index (χ2v) is 11.5. The minimum absolute atomic E-state index is 0.0666. The first-order valence-corrected chi connectivity index (χ1v) is 15.5. The summed E-state index contributed by atoms with van der Waals surface area (Å²) in [6, 6.07) is 13.0. The third-order valence-electron chi connectivity index (χ3n) is 8.69. The Morgan fingerprint density at radius 3 is 1.69 bits per heavy atom. The van der Waals surface area contributed by atoms with Crippen LogP contribution in [-0.4, -0.2) is 0 Å². The van der Waals surface area contributed by atoms with Crippen molar-refractivity contribution < 1.29 is 27.7 Å². The fourth-order valence-electron chi connectivity index (χ4n) is 6.53. The van der Waals surface area contributed by atoms with Gasteiger partial charge in [-0.25, -0.2) is 0 Å². The van der Waals surface area contributed by atoms with Gasteiger partial charge in [0.2, 0.25) is 0 Å². The lowest BCUT2D eigenvalue weighted by Gasteiger charge is -2.18. The van der Waals surface area contributed by atoms with Gasteiger partial charge in [0.15, 0.2) is 0 Å². The van der Waals surface area contributed by atoms with Crippen LogP contribution in [0.15, 0.2) is 186 Å². The van der Waals surface area contributed by atoms with Crippen LogP contribution in [0.2, 0.25) is 0 Å². The van der Waals surface area contributed by atoms with Crippen molar-refractivity contribution in [3.63, 3.8) is 0 Å². The number of furan rings is 1. The SMILES string of the molecule is [2H]c1c([2H])c(-c2c3ccccc3c(-c3c([2H])c([2H])c([2H])c4oc5c([2H])c([2H])c(-c6ccccc6)c([2H])c5c34)c3ccccc23)c([2H])c([2H])c1-c1c([2H])c([2H])c2c([2H])c([2H])c([2H])c([2H])c2c1[2H]. The predicted molar refractivity (Wildman–Crippen MR) is 208 cm³/mol. The van der Waals surface area contributed by atoms with Gasteiger partial charge in [-0.15, -0.1) is 0 Å². The van der Waals surface area contributed by atoms with E-state index in [0.29, 0.717) is 32.7 Å². The molecule has 0 aliphatic heterocycles. The monoisotopic (exact) mass is 639 g/mol. The Morgan fingerprint density at radius 1 is 0.367 bits per heavy atom. The molecule has 0 bridgehead atoms. The zero-order valence-corrected chi connectivity index (χ0v) is 25.4. The minimum Gasteiger partial charge on any atom is -0.456 e. The lowest BCUT2D eigenvalue weighted by Crippen LogP contribution is -1.91. The number of hydrogen-bond donors (Lipinski definition) is 0. The molecule has 0 saturated carbocycles. The van der Waals surface area contributed by atoms with Gasteiger partial charge in [-0.1, -0.05) is 157 Å². The van der Waals surface area contributed by atoms with Crippen LogP contribution >= 0.6 is 0 Å². The van der Waals surface area contributed by atoms with Gasteiger partial charge in [0.25, 0.3) is 0 Å². The summed E-state index contributed by atoms with van der Waals surface area (Å²) in [6.45, 7) is 0. The highest BCUT2D eigenvalue weighted by Gasteiger charge is 2.20. The van der Waals surface area contributed by atoms with Gasteiger partial charge >= 0.3 is 0 Å². The third kappa shape index (κ3) is 4.47. The van der Waals surface area contributed by atoms with Gasteiger partial charge < -0.3 is 4.42 Å². The maximum absolute atomic E-state index is 9.54. The number of fused-ring (bicyclic) bond motifs is 6. The van der Waals surface area contributed by atoms with E-state index in [1.165, 1.54) is 0 Å². The predicted octanol–water partition coefficient (Wildman–Crippen LogP) is 13.7. The summed E-state index contributed by atoms with van der Waals surface area (Å²) < 4.78 is 159. The lowest BCUT2D eigenvalue weighted by atomic mass is 9.84. The maximum Gasteiger partial charge on any atom is 0.136 e. The summed E-state index contributed by atoms with van der Waals surface area (Å²) in [7, 11) is 0. The molecule has 0 N–H and O–H groups in total. The first kappa shape index (κ1) is 15.6. The number of hydrogen-bond acceptors (Lipinski definition) is 1. The van der Waals surface area contributed by atoms with Gasteiger partial charge in [-0.3, -0.25) is 0 Å². The smallest absolute Gasteiger partial charge is 0.136 e. The Labute approximate surface area is 308 Å². The normalized spacial score (nSPS) is 16.5. The molecule has 0 aliphatic rings. The van der Waals surface area contributed by atoms with E-state index in [9.17, 15) is 8.22 Å². The molecule has 1 aromatic heterocycles. The van der Waals surface area contributed by atoms with Crippen molar-refractivity contribution in [2.75, 3.05) is 0 Å². The molecule has 0 amide bonds. The fraction of sp³-hybridized carbons (Fsp3) is 0. The zero-order valence-electron chi connectivity index (χ0n) is 42.4. The quantitative estimate of drug-likeness (QED) is 0.175. The molecule has 1 nitrogen and oxygen atoms in total. The van der Waals surface area contributed by atoms with Crippen molar-refractivity contribution in [3.8, 4) is 44.5 Å².